The molecule has 0 spiro atoms. The summed E-state index contributed by atoms with van der Waals surface area (Å²) in [5, 5.41) is 3.23. The summed E-state index contributed by atoms with van der Waals surface area (Å²) in [6.45, 7) is 1.98. The van der Waals surface area contributed by atoms with Gasteiger partial charge in [-0.1, -0.05) is 13.0 Å². The Bertz CT molecular complexity index is 715. The number of hydrogen-bond acceptors (Lipinski definition) is 4. The molecule has 1 heterocycles. The van der Waals surface area contributed by atoms with Crippen molar-refractivity contribution < 1.29 is 12.8 Å². The van der Waals surface area contributed by atoms with Gasteiger partial charge in [0.15, 0.2) is 9.84 Å². The molecule has 0 aliphatic heterocycles. The zero-order valence-electron chi connectivity index (χ0n) is 11.9. The highest BCUT2D eigenvalue weighted by Gasteiger charge is 2.12. The smallest absolute Gasteiger partial charge is 0.175 e. The minimum atomic E-state index is -3.24. The summed E-state index contributed by atoms with van der Waals surface area (Å²) in [6.07, 6.45) is 3.08. The van der Waals surface area contributed by atoms with Gasteiger partial charge >= 0.3 is 0 Å². The van der Waals surface area contributed by atoms with Gasteiger partial charge < -0.3 is 5.32 Å². The lowest BCUT2D eigenvalue weighted by molar-refractivity contribution is 0.601. The number of hydrogen-bond donors (Lipinski definition) is 1. The van der Waals surface area contributed by atoms with Crippen molar-refractivity contribution in [3.05, 3.63) is 54.1 Å². The zero-order valence-corrected chi connectivity index (χ0v) is 12.7. The first kappa shape index (κ1) is 15.4. The van der Waals surface area contributed by atoms with Gasteiger partial charge in [-0.15, -0.1) is 0 Å². The topological polar surface area (TPSA) is 59.1 Å². The second-order valence-corrected chi connectivity index (χ2v) is 6.82. The highest BCUT2D eigenvalue weighted by atomic mass is 32.2. The lowest BCUT2D eigenvalue weighted by Crippen LogP contribution is -2.11. The van der Waals surface area contributed by atoms with Gasteiger partial charge in [-0.2, -0.15) is 0 Å². The fraction of sp³-hybridized carbons (Fsp3) is 0.267. The summed E-state index contributed by atoms with van der Waals surface area (Å²) in [5.74, 6) is -0.382. The largest absolute Gasteiger partial charge is 0.377 e. The molecule has 2 rings (SSSR count). The first-order valence-corrected chi connectivity index (χ1v) is 8.47. The number of benzene rings is 1. The number of anilines is 1. The Labute approximate surface area is 124 Å². The molecule has 1 aromatic heterocycles. The monoisotopic (exact) mass is 308 g/mol. The molecule has 112 valence electrons. The van der Waals surface area contributed by atoms with E-state index < -0.39 is 9.84 Å². The maximum atomic E-state index is 12.9. The lowest BCUT2D eigenvalue weighted by Gasteiger charge is -2.18. The second kappa shape index (κ2) is 6.22. The van der Waals surface area contributed by atoms with Crippen LogP contribution < -0.4 is 5.32 Å². The van der Waals surface area contributed by atoms with Crippen molar-refractivity contribution in [1.82, 2.24) is 4.98 Å². The van der Waals surface area contributed by atoms with Crippen LogP contribution in [0.25, 0.3) is 0 Å². The first-order valence-electron chi connectivity index (χ1n) is 6.58. The van der Waals surface area contributed by atoms with Crippen molar-refractivity contribution in [2.75, 3.05) is 11.6 Å². The molecule has 0 aliphatic carbocycles. The molecule has 6 heteroatoms. The predicted molar refractivity (Wildman–Crippen MR) is 80.4 cm³/mol. The van der Waals surface area contributed by atoms with Gasteiger partial charge in [0, 0.05) is 11.9 Å². The van der Waals surface area contributed by atoms with Crippen molar-refractivity contribution >= 4 is 15.5 Å². The van der Waals surface area contributed by atoms with Crippen LogP contribution in [-0.2, 0) is 9.84 Å². The van der Waals surface area contributed by atoms with E-state index in [0.29, 0.717) is 11.4 Å². The Kier molecular flexibility index (Phi) is 4.57. The SMILES string of the molecule is CCC(Nc1cccc(S(C)(=O)=O)c1)c1ccc(F)cn1. The average molecular weight is 308 g/mol. The van der Waals surface area contributed by atoms with E-state index >= 15 is 0 Å². The molecule has 0 bridgehead atoms. The molecule has 0 amide bonds. The van der Waals surface area contributed by atoms with E-state index in [2.05, 4.69) is 10.3 Å². The van der Waals surface area contributed by atoms with Gasteiger partial charge in [0.05, 0.1) is 22.8 Å². The zero-order chi connectivity index (χ0) is 15.5. The van der Waals surface area contributed by atoms with Gasteiger partial charge in [0.2, 0.25) is 0 Å². The molecule has 1 unspecified atom stereocenters. The number of rotatable bonds is 5. The normalized spacial score (nSPS) is 12.9. The van der Waals surface area contributed by atoms with Crippen LogP contribution in [0.3, 0.4) is 0 Å². The van der Waals surface area contributed by atoms with Crippen LogP contribution >= 0.6 is 0 Å². The summed E-state index contributed by atoms with van der Waals surface area (Å²) in [7, 11) is -3.24. The molecule has 0 fully saturated rings. The molecule has 4 nitrogen and oxygen atoms in total. The number of nitrogens with one attached hydrogen (secondary N) is 1. The standard InChI is InChI=1S/C15H17FN2O2S/c1-3-14(15-8-7-11(16)10-17-15)18-12-5-4-6-13(9-12)21(2,19)20/h4-10,14,18H,3H2,1-2H3. The van der Waals surface area contributed by atoms with Crippen molar-refractivity contribution in [3.63, 3.8) is 0 Å². The second-order valence-electron chi connectivity index (χ2n) is 4.81. The maximum absolute atomic E-state index is 12.9. The quantitative estimate of drug-likeness (QED) is 0.921. The van der Waals surface area contributed by atoms with Gasteiger partial charge in [0.25, 0.3) is 0 Å². The summed E-state index contributed by atoms with van der Waals surface area (Å²) < 4.78 is 36.0. The Balaban J connectivity index is 2.25. The summed E-state index contributed by atoms with van der Waals surface area (Å²) in [4.78, 5) is 4.32. The van der Waals surface area contributed by atoms with Crippen LogP contribution in [0.2, 0.25) is 0 Å². The number of sulfone groups is 1. The third-order valence-electron chi connectivity index (χ3n) is 3.12. The summed E-state index contributed by atoms with van der Waals surface area (Å²) in [5.41, 5.74) is 1.40. The molecule has 1 N–H and O–H groups in total. The van der Waals surface area contributed by atoms with Crippen molar-refractivity contribution in [3.8, 4) is 0 Å². The molecule has 21 heavy (non-hydrogen) atoms. The Morgan fingerprint density at radius 3 is 2.62 bits per heavy atom. The first-order chi connectivity index (χ1) is 9.90. The summed E-state index contributed by atoms with van der Waals surface area (Å²) >= 11 is 0. The van der Waals surface area contributed by atoms with Crippen molar-refractivity contribution in [2.24, 2.45) is 0 Å². The van der Waals surface area contributed by atoms with E-state index in [1.807, 2.05) is 6.92 Å². The van der Waals surface area contributed by atoms with Crippen molar-refractivity contribution in [2.45, 2.75) is 24.3 Å². The Morgan fingerprint density at radius 2 is 2.05 bits per heavy atom. The van der Waals surface area contributed by atoms with Gasteiger partial charge in [-0.05, 0) is 36.8 Å². The molecule has 1 aromatic carbocycles. The van der Waals surface area contributed by atoms with E-state index in [9.17, 15) is 12.8 Å². The lowest BCUT2D eigenvalue weighted by atomic mass is 10.1. The van der Waals surface area contributed by atoms with Gasteiger partial charge in [0.1, 0.15) is 5.82 Å². The van der Waals surface area contributed by atoms with Gasteiger partial charge in [-0.25, -0.2) is 12.8 Å². The van der Waals surface area contributed by atoms with E-state index in [0.717, 1.165) is 6.42 Å². The van der Waals surface area contributed by atoms with Crippen LogP contribution in [0.4, 0.5) is 10.1 Å². The maximum Gasteiger partial charge on any atom is 0.175 e. The number of pyridine rings is 1. The number of halogens is 1. The molecular formula is C15H17FN2O2S. The molecule has 0 aliphatic rings. The highest BCUT2D eigenvalue weighted by Crippen LogP contribution is 2.23. The van der Waals surface area contributed by atoms with E-state index in [1.54, 1.807) is 30.3 Å². The molecule has 0 saturated heterocycles. The van der Waals surface area contributed by atoms with Crippen LogP contribution in [0.15, 0.2) is 47.5 Å². The van der Waals surface area contributed by atoms with Crippen LogP contribution in [-0.4, -0.2) is 19.7 Å². The van der Waals surface area contributed by atoms with Crippen LogP contribution in [0, 0.1) is 5.82 Å². The fourth-order valence-electron chi connectivity index (χ4n) is 2.00. The third-order valence-corrected chi connectivity index (χ3v) is 4.23. The van der Waals surface area contributed by atoms with E-state index in [-0.39, 0.29) is 16.8 Å². The third kappa shape index (κ3) is 4.01. The molecule has 0 radical (unpaired) electrons. The Morgan fingerprint density at radius 1 is 1.29 bits per heavy atom. The highest BCUT2D eigenvalue weighted by molar-refractivity contribution is 7.90. The molecule has 0 saturated carbocycles. The average Bonchev–Trinajstić information content (AvgIpc) is 2.45. The number of nitrogens with zero attached hydrogens (tertiary/aromatic N) is 1. The number of aromatic nitrogens is 1. The Hall–Kier alpha value is -1.95. The molecule has 1 atom stereocenters. The predicted octanol–water partition coefficient (Wildman–Crippen LogP) is 3.19. The molecule has 2 aromatic rings. The summed E-state index contributed by atoms with van der Waals surface area (Å²) in [6, 6.07) is 9.49. The minimum Gasteiger partial charge on any atom is -0.377 e. The van der Waals surface area contributed by atoms with E-state index in [4.69, 9.17) is 0 Å². The van der Waals surface area contributed by atoms with Crippen molar-refractivity contribution in [1.29, 1.82) is 0 Å². The van der Waals surface area contributed by atoms with Gasteiger partial charge in [-0.3, -0.25) is 4.98 Å². The minimum absolute atomic E-state index is 0.111. The van der Waals surface area contributed by atoms with Crippen LogP contribution in [0.5, 0.6) is 0 Å². The molecular weight excluding hydrogens is 291 g/mol. The van der Waals surface area contributed by atoms with E-state index in [1.165, 1.54) is 18.5 Å². The van der Waals surface area contributed by atoms with Crippen LogP contribution in [0.1, 0.15) is 25.1 Å². The fourth-order valence-corrected chi connectivity index (χ4v) is 2.66.